The maximum atomic E-state index is 14.1. The van der Waals surface area contributed by atoms with Crippen molar-refractivity contribution in [2.24, 2.45) is 5.73 Å². The van der Waals surface area contributed by atoms with Gasteiger partial charge in [-0.15, -0.1) is 0 Å². The normalized spacial score (nSPS) is 12.0. The highest BCUT2D eigenvalue weighted by molar-refractivity contribution is 5.34. The lowest BCUT2D eigenvalue weighted by molar-refractivity contribution is 0.383. The Bertz CT molecular complexity index is 569. The molecule has 0 fully saturated rings. The SMILES string of the molecule is COc1ccc(C(N)Cc2cccc(OC)c2F)cc1. The molecule has 1 unspecified atom stereocenters. The molecule has 0 spiro atoms. The highest BCUT2D eigenvalue weighted by atomic mass is 19.1. The third kappa shape index (κ3) is 3.08. The zero-order chi connectivity index (χ0) is 14.5. The van der Waals surface area contributed by atoms with E-state index < -0.39 is 0 Å². The van der Waals surface area contributed by atoms with Gasteiger partial charge >= 0.3 is 0 Å². The van der Waals surface area contributed by atoms with Crippen LogP contribution < -0.4 is 15.2 Å². The summed E-state index contributed by atoms with van der Waals surface area (Å²) in [5.41, 5.74) is 7.62. The van der Waals surface area contributed by atoms with Crippen LogP contribution in [0, 0.1) is 5.82 Å². The number of halogens is 1. The summed E-state index contributed by atoms with van der Waals surface area (Å²) in [5.74, 6) is 0.664. The third-order valence-electron chi connectivity index (χ3n) is 3.25. The van der Waals surface area contributed by atoms with E-state index in [0.717, 1.165) is 11.3 Å². The second-order valence-corrected chi connectivity index (χ2v) is 4.52. The Morgan fingerprint density at radius 3 is 2.35 bits per heavy atom. The average Bonchev–Trinajstić information content (AvgIpc) is 2.49. The maximum absolute atomic E-state index is 14.1. The Morgan fingerprint density at radius 1 is 1.05 bits per heavy atom. The molecule has 0 bridgehead atoms. The van der Waals surface area contributed by atoms with Gasteiger partial charge in [0.1, 0.15) is 5.75 Å². The standard InChI is InChI=1S/C16H18FNO2/c1-19-13-8-6-11(7-9-13)14(18)10-12-4-3-5-15(20-2)16(12)17/h3-9,14H,10,18H2,1-2H3. The van der Waals surface area contributed by atoms with Crippen molar-refractivity contribution in [3.05, 3.63) is 59.4 Å². The summed E-state index contributed by atoms with van der Waals surface area (Å²) in [6.07, 6.45) is 0.412. The maximum Gasteiger partial charge on any atom is 0.168 e. The zero-order valence-electron chi connectivity index (χ0n) is 11.6. The predicted octanol–water partition coefficient (Wildman–Crippen LogP) is 3.09. The molecule has 0 saturated carbocycles. The summed E-state index contributed by atoms with van der Waals surface area (Å²) in [6.45, 7) is 0. The zero-order valence-corrected chi connectivity index (χ0v) is 11.6. The molecular formula is C16H18FNO2. The van der Waals surface area contributed by atoms with Gasteiger partial charge in [0.05, 0.1) is 14.2 Å². The van der Waals surface area contributed by atoms with Crippen LogP contribution >= 0.6 is 0 Å². The molecule has 2 N–H and O–H groups in total. The number of rotatable bonds is 5. The van der Waals surface area contributed by atoms with Gasteiger partial charge in [-0.2, -0.15) is 0 Å². The van der Waals surface area contributed by atoms with E-state index >= 15 is 0 Å². The topological polar surface area (TPSA) is 44.5 Å². The van der Waals surface area contributed by atoms with Gasteiger partial charge in [-0.05, 0) is 35.7 Å². The van der Waals surface area contributed by atoms with E-state index in [1.807, 2.05) is 24.3 Å². The van der Waals surface area contributed by atoms with E-state index in [9.17, 15) is 4.39 Å². The van der Waals surface area contributed by atoms with Gasteiger partial charge in [0.25, 0.3) is 0 Å². The van der Waals surface area contributed by atoms with Crippen molar-refractivity contribution < 1.29 is 13.9 Å². The molecule has 0 aliphatic rings. The van der Waals surface area contributed by atoms with Crippen molar-refractivity contribution in [2.75, 3.05) is 14.2 Å². The first kappa shape index (κ1) is 14.3. The van der Waals surface area contributed by atoms with E-state index in [1.54, 1.807) is 25.3 Å². The summed E-state index contributed by atoms with van der Waals surface area (Å²) in [6, 6.07) is 12.3. The molecule has 0 aliphatic heterocycles. The smallest absolute Gasteiger partial charge is 0.168 e. The van der Waals surface area contributed by atoms with Gasteiger partial charge in [0.2, 0.25) is 0 Å². The molecule has 0 heterocycles. The fourth-order valence-corrected chi connectivity index (χ4v) is 2.08. The van der Waals surface area contributed by atoms with Crippen molar-refractivity contribution in [3.8, 4) is 11.5 Å². The van der Waals surface area contributed by atoms with E-state index in [1.165, 1.54) is 7.11 Å². The van der Waals surface area contributed by atoms with Crippen LogP contribution in [-0.4, -0.2) is 14.2 Å². The monoisotopic (exact) mass is 275 g/mol. The number of benzene rings is 2. The summed E-state index contributed by atoms with van der Waals surface area (Å²) < 4.78 is 24.1. The first-order valence-electron chi connectivity index (χ1n) is 6.36. The van der Waals surface area contributed by atoms with Crippen LogP contribution in [-0.2, 0) is 6.42 Å². The summed E-state index contributed by atoms with van der Waals surface area (Å²) in [4.78, 5) is 0. The Labute approximate surface area is 118 Å². The van der Waals surface area contributed by atoms with Crippen LogP contribution in [0.5, 0.6) is 11.5 Å². The third-order valence-corrected chi connectivity index (χ3v) is 3.25. The number of hydrogen-bond donors (Lipinski definition) is 1. The van der Waals surface area contributed by atoms with Gasteiger partial charge in [-0.25, -0.2) is 4.39 Å². The molecule has 0 amide bonds. The lowest BCUT2D eigenvalue weighted by Gasteiger charge is -2.14. The van der Waals surface area contributed by atoms with Crippen LogP contribution in [0.2, 0.25) is 0 Å². The molecule has 3 nitrogen and oxygen atoms in total. The minimum absolute atomic E-state index is 0.240. The van der Waals surface area contributed by atoms with Crippen LogP contribution in [0.3, 0.4) is 0 Å². The molecule has 0 saturated heterocycles. The Balaban J connectivity index is 2.16. The molecular weight excluding hydrogens is 257 g/mol. The number of ether oxygens (including phenoxy) is 2. The molecule has 0 aliphatic carbocycles. The fraction of sp³-hybridized carbons (Fsp3) is 0.250. The van der Waals surface area contributed by atoms with Crippen molar-refractivity contribution in [1.82, 2.24) is 0 Å². The summed E-state index contributed by atoms with van der Waals surface area (Å²) >= 11 is 0. The molecule has 2 rings (SSSR count). The second-order valence-electron chi connectivity index (χ2n) is 4.52. The average molecular weight is 275 g/mol. The molecule has 1 atom stereocenters. The van der Waals surface area contributed by atoms with Crippen LogP contribution in [0.1, 0.15) is 17.2 Å². The summed E-state index contributed by atoms with van der Waals surface area (Å²) in [5, 5.41) is 0. The lowest BCUT2D eigenvalue weighted by Crippen LogP contribution is -2.14. The minimum atomic E-state index is -0.348. The fourth-order valence-electron chi connectivity index (χ4n) is 2.08. The molecule has 2 aromatic carbocycles. The van der Waals surface area contributed by atoms with E-state index in [-0.39, 0.29) is 17.6 Å². The number of hydrogen-bond acceptors (Lipinski definition) is 3. The molecule has 0 aromatic heterocycles. The molecule has 0 radical (unpaired) electrons. The Kier molecular flexibility index (Phi) is 4.58. The van der Waals surface area contributed by atoms with E-state index in [4.69, 9.17) is 15.2 Å². The first-order valence-corrected chi connectivity index (χ1v) is 6.36. The largest absolute Gasteiger partial charge is 0.497 e. The van der Waals surface area contributed by atoms with Crippen molar-refractivity contribution in [1.29, 1.82) is 0 Å². The van der Waals surface area contributed by atoms with Crippen molar-refractivity contribution >= 4 is 0 Å². The molecule has 2 aromatic rings. The van der Waals surface area contributed by atoms with Crippen LogP contribution in [0.25, 0.3) is 0 Å². The van der Waals surface area contributed by atoms with E-state index in [2.05, 4.69) is 0 Å². The predicted molar refractivity (Wildman–Crippen MR) is 76.6 cm³/mol. The number of methoxy groups -OCH3 is 2. The highest BCUT2D eigenvalue weighted by Gasteiger charge is 2.13. The first-order chi connectivity index (χ1) is 9.65. The molecule has 4 heteroatoms. The van der Waals surface area contributed by atoms with Crippen LogP contribution in [0.4, 0.5) is 4.39 Å². The minimum Gasteiger partial charge on any atom is -0.497 e. The second kappa shape index (κ2) is 6.39. The lowest BCUT2D eigenvalue weighted by atomic mass is 9.99. The quantitative estimate of drug-likeness (QED) is 0.912. The molecule has 20 heavy (non-hydrogen) atoms. The van der Waals surface area contributed by atoms with Crippen molar-refractivity contribution in [3.63, 3.8) is 0 Å². The van der Waals surface area contributed by atoms with E-state index in [0.29, 0.717) is 12.0 Å². The Hall–Kier alpha value is -2.07. The summed E-state index contributed by atoms with van der Waals surface area (Å²) in [7, 11) is 3.06. The van der Waals surface area contributed by atoms with Gasteiger partial charge in [0.15, 0.2) is 11.6 Å². The van der Waals surface area contributed by atoms with Gasteiger partial charge in [0, 0.05) is 6.04 Å². The molecule has 106 valence electrons. The van der Waals surface area contributed by atoms with Crippen molar-refractivity contribution in [2.45, 2.75) is 12.5 Å². The number of nitrogens with two attached hydrogens (primary N) is 1. The van der Waals surface area contributed by atoms with Crippen LogP contribution in [0.15, 0.2) is 42.5 Å². The van der Waals surface area contributed by atoms with Gasteiger partial charge in [-0.1, -0.05) is 24.3 Å². The Morgan fingerprint density at radius 2 is 1.75 bits per heavy atom. The highest BCUT2D eigenvalue weighted by Crippen LogP contribution is 2.25. The van der Waals surface area contributed by atoms with Gasteiger partial charge in [-0.3, -0.25) is 0 Å². The van der Waals surface area contributed by atoms with Gasteiger partial charge < -0.3 is 15.2 Å².